The number of rotatable bonds is 5. The normalized spacial score (nSPS) is 13.7. The van der Waals surface area contributed by atoms with Crippen molar-refractivity contribution in [3.05, 3.63) is 93.5 Å². The fourth-order valence-corrected chi connectivity index (χ4v) is 4.90. The van der Waals surface area contributed by atoms with Crippen LogP contribution in [0.15, 0.2) is 77.2 Å². The van der Waals surface area contributed by atoms with E-state index in [0.717, 1.165) is 16.3 Å². The molecule has 0 atom stereocenters. The summed E-state index contributed by atoms with van der Waals surface area (Å²) < 4.78 is 11.3. The second-order valence-corrected chi connectivity index (χ2v) is 9.26. The number of nitrogens with zero attached hydrogens (tertiary/aromatic N) is 3. The monoisotopic (exact) mass is 528 g/mol. The van der Waals surface area contributed by atoms with E-state index >= 15 is 0 Å². The molecule has 2 heterocycles. The number of hydrogen-bond acceptors (Lipinski definition) is 7. The summed E-state index contributed by atoms with van der Waals surface area (Å²) in [6.07, 6.45) is 0. The third-order valence-corrected chi connectivity index (χ3v) is 6.86. The van der Waals surface area contributed by atoms with Gasteiger partial charge in [-0.25, -0.2) is 4.98 Å². The second kappa shape index (κ2) is 9.77. The van der Waals surface area contributed by atoms with Crippen LogP contribution in [0.2, 0.25) is 5.02 Å². The molecule has 1 aliphatic heterocycles. The van der Waals surface area contributed by atoms with Gasteiger partial charge >= 0.3 is 0 Å². The SMILES string of the molecule is O=C(Nc1ccc2oc(-c3cccc4c(Cl)cccc34)nc2c1)c1ccc(N2CCOCC2)c([N+](=O)[O-])c1. The van der Waals surface area contributed by atoms with Crippen molar-refractivity contribution < 1.29 is 18.9 Å². The Balaban J connectivity index is 1.28. The van der Waals surface area contributed by atoms with Crippen molar-refractivity contribution in [3.63, 3.8) is 0 Å². The van der Waals surface area contributed by atoms with Crippen LogP contribution in [-0.4, -0.2) is 42.1 Å². The lowest BCUT2D eigenvalue weighted by Crippen LogP contribution is -2.36. The van der Waals surface area contributed by atoms with Crippen LogP contribution in [0.25, 0.3) is 33.3 Å². The lowest BCUT2D eigenvalue weighted by molar-refractivity contribution is -0.384. The number of aromatic nitrogens is 1. The summed E-state index contributed by atoms with van der Waals surface area (Å²) in [5.74, 6) is -0.0286. The van der Waals surface area contributed by atoms with Gasteiger partial charge in [-0.1, -0.05) is 35.9 Å². The summed E-state index contributed by atoms with van der Waals surface area (Å²) in [5, 5.41) is 17.0. The van der Waals surface area contributed by atoms with Gasteiger partial charge in [0.15, 0.2) is 5.58 Å². The number of carbonyl (C=O) groups is 1. The number of benzene rings is 4. The summed E-state index contributed by atoms with van der Waals surface area (Å²) >= 11 is 6.35. The molecule has 1 amide bonds. The average molecular weight is 529 g/mol. The summed E-state index contributed by atoms with van der Waals surface area (Å²) in [7, 11) is 0. The first kappa shape index (κ1) is 23.9. The third-order valence-electron chi connectivity index (χ3n) is 6.53. The molecule has 1 aromatic heterocycles. The highest BCUT2D eigenvalue weighted by atomic mass is 35.5. The predicted octanol–water partition coefficient (Wildman–Crippen LogP) is 6.30. The summed E-state index contributed by atoms with van der Waals surface area (Å²) in [4.78, 5) is 30.8. The quantitative estimate of drug-likeness (QED) is 0.210. The topological polar surface area (TPSA) is 111 Å². The van der Waals surface area contributed by atoms with Crippen LogP contribution in [0.1, 0.15) is 10.4 Å². The maximum absolute atomic E-state index is 13.0. The Morgan fingerprint density at radius 3 is 2.61 bits per heavy atom. The lowest BCUT2D eigenvalue weighted by atomic mass is 10.0. The number of carbonyl (C=O) groups excluding carboxylic acids is 1. The molecule has 5 aromatic rings. The van der Waals surface area contributed by atoms with Crippen LogP contribution in [0, 0.1) is 10.1 Å². The van der Waals surface area contributed by atoms with E-state index in [2.05, 4.69) is 10.3 Å². The molecular weight excluding hydrogens is 508 g/mol. The van der Waals surface area contributed by atoms with Gasteiger partial charge in [0, 0.05) is 46.4 Å². The minimum Gasteiger partial charge on any atom is -0.436 e. The van der Waals surface area contributed by atoms with E-state index in [9.17, 15) is 14.9 Å². The largest absolute Gasteiger partial charge is 0.436 e. The van der Waals surface area contributed by atoms with Crippen LogP contribution < -0.4 is 10.2 Å². The van der Waals surface area contributed by atoms with Gasteiger partial charge in [0.2, 0.25) is 5.89 Å². The van der Waals surface area contributed by atoms with Gasteiger partial charge in [0.05, 0.1) is 18.1 Å². The van der Waals surface area contributed by atoms with E-state index in [4.69, 9.17) is 20.8 Å². The lowest BCUT2D eigenvalue weighted by Gasteiger charge is -2.28. The number of nitro benzene ring substituents is 1. The molecule has 190 valence electrons. The van der Waals surface area contributed by atoms with Crippen LogP contribution >= 0.6 is 11.6 Å². The molecule has 0 aliphatic carbocycles. The van der Waals surface area contributed by atoms with Crippen LogP contribution in [0.3, 0.4) is 0 Å². The molecule has 1 fully saturated rings. The Kier molecular flexibility index (Phi) is 6.15. The Bertz CT molecular complexity index is 1710. The summed E-state index contributed by atoms with van der Waals surface area (Å²) in [5.41, 5.74) is 2.95. The van der Waals surface area contributed by atoms with Crippen molar-refractivity contribution in [1.82, 2.24) is 4.98 Å². The number of oxazole rings is 1. The number of amides is 1. The summed E-state index contributed by atoms with van der Waals surface area (Å²) in [6.45, 7) is 2.11. The Morgan fingerprint density at radius 2 is 1.79 bits per heavy atom. The molecule has 0 saturated carbocycles. The van der Waals surface area contributed by atoms with Crippen molar-refractivity contribution in [2.45, 2.75) is 0 Å². The Labute approximate surface area is 221 Å². The number of nitro groups is 1. The van der Waals surface area contributed by atoms with Crippen molar-refractivity contribution in [2.24, 2.45) is 0 Å². The number of anilines is 2. The Morgan fingerprint density at radius 1 is 1.00 bits per heavy atom. The molecule has 0 radical (unpaired) electrons. The van der Waals surface area contributed by atoms with E-state index in [1.807, 2.05) is 41.3 Å². The van der Waals surface area contributed by atoms with E-state index in [1.165, 1.54) is 6.07 Å². The van der Waals surface area contributed by atoms with Crippen LogP contribution in [0.5, 0.6) is 0 Å². The van der Waals surface area contributed by atoms with Gasteiger partial charge in [-0.3, -0.25) is 14.9 Å². The van der Waals surface area contributed by atoms with Gasteiger partial charge in [0.1, 0.15) is 11.2 Å². The van der Waals surface area contributed by atoms with E-state index in [-0.39, 0.29) is 11.3 Å². The molecule has 1 N–H and O–H groups in total. The molecule has 0 spiro atoms. The zero-order valence-electron chi connectivity index (χ0n) is 20.0. The highest BCUT2D eigenvalue weighted by Crippen LogP contribution is 2.34. The van der Waals surface area contributed by atoms with Crippen LogP contribution in [-0.2, 0) is 4.74 Å². The molecule has 4 aromatic carbocycles. The molecule has 1 saturated heterocycles. The van der Waals surface area contributed by atoms with Crippen molar-refractivity contribution in [3.8, 4) is 11.5 Å². The van der Waals surface area contributed by atoms with Crippen LogP contribution in [0.4, 0.5) is 17.1 Å². The number of ether oxygens (including phenoxy) is 1. The Hall–Kier alpha value is -4.47. The third kappa shape index (κ3) is 4.42. The first-order valence-corrected chi connectivity index (χ1v) is 12.4. The van der Waals surface area contributed by atoms with Crippen molar-refractivity contribution >= 4 is 56.4 Å². The smallest absolute Gasteiger partial charge is 0.293 e. The van der Waals surface area contributed by atoms with Gasteiger partial charge in [-0.2, -0.15) is 0 Å². The van der Waals surface area contributed by atoms with Gasteiger partial charge in [-0.05, 0) is 47.9 Å². The maximum Gasteiger partial charge on any atom is 0.293 e. The highest BCUT2D eigenvalue weighted by Gasteiger charge is 2.23. The van der Waals surface area contributed by atoms with E-state index in [0.29, 0.717) is 59.7 Å². The standard InChI is InChI=1S/C28H21ClN4O5/c29-22-6-2-3-19-20(22)4-1-5-21(19)28-31-23-16-18(8-10-26(23)38-28)30-27(34)17-7-9-24(25(15-17)33(35)36)32-11-13-37-14-12-32/h1-10,15-16H,11-14H2,(H,30,34). The van der Waals surface area contributed by atoms with Crippen molar-refractivity contribution in [2.75, 3.05) is 36.5 Å². The number of hydrogen-bond donors (Lipinski definition) is 1. The minimum atomic E-state index is -0.467. The zero-order chi connectivity index (χ0) is 26.2. The number of morpholine rings is 1. The maximum atomic E-state index is 13.0. The molecule has 9 nitrogen and oxygen atoms in total. The average Bonchev–Trinajstić information content (AvgIpc) is 3.36. The molecular formula is C28H21ClN4O5. The fraction of sp³-hybridized carbons (Fsp3) is 0.143. The molecule has 0 unspecified atom stereocenters. The van der Waals surface area contributed by atoms with Gasteiger partial charge in [0.25, 0.3) is 11.6 Å². The number of fused-ring (bicyclic) bond motifs is 2. The zero-order valence-corrected chi connectivity index (χ0v) is 20.8. The molecule has 6 rings (SSSR count). The first-order chi connectivity index (χ1) is 18.5. The minimum absolute atomic E-state index is 0.119. The second-order valence-electron chi connectivity index (χ2n) is 8.86. The van der Waals surface area contributed by atoms with E-state index < -0.39 is 10.8 Å². The fourth-order valence-electron chi connectivity index (χ4n) is 4.66. The van der Waals surface area contributed by atoms with Crippen molar-refractivity contribution in [1.29, 1.82) is 0 Å². The summed E-state index contributed by atoms with van der Waals surface area (Å²) in [6, 6.07) is 21.1. The molecule has 38 heavy (non-hydrogen) atoms. The molecule has 1 aliphatic rings. The number of nitrogens with one attached hydrogen (secondary N) is 1. The van der Waals surface area contributed by atoms with Gasteiger partial charge in [-0.15, -0.1) is 0 Å². The molecule has 0 bridgehead atoms. The van der Waals surface area contributed by atoms with E-state index in [1.54, 1.807) is 30.3 Å². The molecule has 10 heteroatoms. The highest BCUT2D eigenvalue weighted by molar-refractivity contribution is 6.35. The number of halogens is 1. The first-order valence-electron chi connectivity index (χ1n) is 12.0. The predicted molar refractivity (Wildman–Crippen MR) is 146 cm³/mol. The van der Waals surface area contributed by atoms with Gasteiger partial charge < -0.3 is 19.4 Å².